The molecular weight excluding hydrogens is 371 g/mol. The summed E-state index contributed by atoms with van der Waals surface area (Å²) in [6.07, 6.45) is -0.371. The summed E-state index contributed by atoms with van der Waals surface area (Å²) in [5, 5.41) is 11.2. The van der Waals surface area contributed by atoms with Crippen molar-refractivity contribution in [3.05, 3.63) is 33.8 Å². The minimum absolute atomic E-state index is 0.198. The predicted octanol–water partition coefficient (Wildman–Crippen LogP) is 2.38. The standard InChI is InChI=1S/C17H18Cl2O6/c1-17(23)7-11(20)13(15(21)24-2)12(14(17)16(22)25-3)8-4-5-9(18)10(19)6-8/h4-6,12-14,23H,7H2,1-3H3/t12-,13-,14+,17+/m1/s1. The Labute approximate surface area is 155 Å². The second-order valence-corrected chi connectivity index (χ2v) is 7.02. The molecule has 1 aliphatic carbocycles. The Hall–Kier alpha value is -1.63. The molecule has 1 N–H and O–H groups in total. The lowest BCUT2D eigenvalue weighted by atomic mass is 9.62. The number of ketones is 1. The van der Waals surface area contributed by atoms with Crippen LogP contribution in [0.25, 0.3) is 0 Å². The van der Waals surface area contributed by atoms with Crippen LogP contribution in [0.1, 0.15) is 24.8 Å². The summed E-state index contributed by atoms with van der Waals surface area (Å²) >= 11 is 12.0. The summed E-state index contributed by atoms with van der Waals surface area (Å²) in [7, 11) is 2.33. The summed E-state index contributed by atoms with van der Waals surface area (Å²) < 4.78 is 9.55. The Morgan fingerprint density at radius 1 is 1.16 bits per heavy atom. The molecule has 0 saturated heterocycles. The maximum Gasteiger partial charge on any atom is 0.316 e. The van der Waals surface area contributed by atoms with Gasteiger partial charge in [0.1, 0.15) is 5.92 Å². The number of methoxy groups -OCH3 is 2. The Kier molecular flexibility index (Phi) is 5.76. The average molecular weight is 389 g/mol. The van der Waals surface area contributed by atoms with Crippen molar-refractivity contribution in [2.24, 2.45) is 11.8 Å². The van der Waals surface area contributed by atoms with E-state index in [1.165, 1.54) is 26.2 Å². The number of halogens is 2. The molecule has 0 radical (unpaired) electrons. The monoisotopic (exact) mass is 388 g/mol. The summed E-state index contributed by atoms with van der Waals surface area (Å²) in [5.74, 6) is -5.45. The molecule has 1 aromatic carbocycles. The second-order valence-electron chi connectivity index (χ2n) is 6.20. The maximum absolute atomic E-state index is 12.5. The van der Waals surface area contributed by atoms with E-state index in [9.17, 15) is 19.5 Å². The van der Waals surface area contributed by atoms with E-state index in [0.29, 0.717) is 5.56 Å². The van der Waals surface area contributed by atoms with Gasteiger partial charge in [0.2, 0.25) is 0 Å². The summed E-state index contributed by atoms with van der Waals surface area (Å²) in [5.41, 5.74) is -1.28. The largest absolute Gasteiger partial charge is 0.469 e. The van der Waals surface area contributed by atoms with Gasteiger partial charge in [0.25, 0.3) is 0 Å². The first-order chi connectivity index (χ1) is 11.6. The third kappa shape index (κ3) is 3.66. The molecule has 0 spiro atoms. The van der Waals surface area contributed by atoms with Crippen molar-refractivity contribution in [2.45, 2.75) is 24.9 Å². The molecule has 136 valence electrons. The number of aliphatic hydroxyl groups is 1. The number of Topliss-reactive ketones (excluding diaryl/α,β-unsaturated/α-hetero) is 1. The number of carbonyl (C=O) groups is 3. The van der Waals surface area contributed by atoms with E-state index in [-0.39, 0.29) is 16.5 Å². The molecular formula is C17H18Cl2O6. The van der Waals surface area contributed by atoms with Crippen LogP contribution in [0.5, 0.6) is 0 Å². The Balaban J connectivity index is 2.68. The van der Waals surface area contributed by atoms with Crippen molar-refractivity contribution in [2.75, 3.05) is 14.2 Å². The van der Waals surface area contributed by atoms with Gasteiger partial charge < -0.3 is 14.6 Å². The lowest BCUT2D eigenvalue weighted by Gasteiger charge is -2.43. The SMILES string of the molecule is COC(=O)[C@@H]1C(=O)C[C@](C)(O)[C@H](C(=O)OC)[C@@H]1c1ccc(Cl)c(Cl)c1. The molecule has 0 aromatic heterocycles. The lowest BCUT2D eigenvalue weighted by molar-refractivity contribution is -0.170. The first-order valence-electron chi connectivity index (χ1n) is 7.49. The fraction of sp³-hybridized carbons (Fsp3) is 0.471. The minimum atomic E-state index is -1.69. The molecule has 8 heteroatoms. The van der Waals surface area contributed by atoms with Crippen molar-refractivity contribution in [1.82, 2.24) is 0 Å². The van der Waals surface area contributed by atoms with Gasteiger partial charge in [-0.25, -0.2) is 0 Å². The highest BCUT2D eigenvalue weighted by atomic mass is 35.5. The summed E-state index contributed by atoms with van der Waals surface area (Å²) in [6.45, 7) is 1.37. The van der Waals surface area contributed by atoms with E-state index < -0.39 is 41.1 Å². The van der Waals surface area contributed by atoms with Crippen LogP contribution in [-0.4, -0.2) is 42.6 Å². The zero-order valence-corrected chi connectivity index (χ0v) is 15.4. The molecule has 0 heterocycles. The van der Waals surface area contributed by atoms with Gasteiger partial charge in [-0.15, -0.1) is 0 Å². The first-order valence-corrected chi connectivity index (χ1v) is 8.25. The molecule has 0 bridgehead atoms. The van der Waals surface area contributed by atoms with Gasteiger partial charge in [-0.05, 0) is 24.6 Å². The van der Waals surface area contributed by atoms with Crippen LogP contribution >= 0.6 is 23.2 Å². The number of esters is 2. The normalized spacial score (nSPS) is 29.2. The lowest BCUT2D eigenvalue weighted by Crippen LogP contribution is -2.55. The van der Waals surface area contributed by atoms with Crippen LogP contribution in [0, 0.1) is 11.8 Å². The van der Waals surface area contributed by atoms with E-state index in [2.05, 4.69) is 0 Å². The van der Waals surface area contributed by atoms with Crippen molar-refractivity contribution in [3.63, 3.8) is 0 Å². The highest BCUT2D eigenvalue weighted by Crippen LogP contribution is 2.47. The van der Waals surface area contributed by atoms with Gasteiger partial charge in [-0.2, -0.15) is 0 Å². The molecule has 1 saturated carbocycles. The van der Waals surface area contributed by atoms with Crippen LogP contribution < -0.4 is 0 Å². The van der Waals surface area contributed by atoms with E-state index >= 15 is 0 Å². The van der Waals surface area contributed by atoms with Gasteiger partial charge >= 0.3 is 11.9 Å². The number of hydrogen-bond acceptors (Lipinski definition) is 6. The number of benzene rings is 1. The number of rotatable bonds is 3. The van der Waals surface area contributed by atoms with Crippen LogP contribution in [0.2, 0.25) is 10.0 Å². The smallest absolute Gasteiger partial charge is 0.316 e. The van der Waals surface area contributed by atoms with E-state index in [1.54, 1.807) is 6.07 Å². The highest BCUT2D eigenvalue weighted by molar-refractivity contribution is 6.42. The molecule has 1 fully saturated rings. The molecule has 1 aromatic rings. The van der Waals surface area contributed by atoms with Gasteiger partial charge in [0.05, 0.1) is 35.8 Å². The zero-order valence-electron chi connectivity index (χ0n) is 13.9. The maximum atomic E-state index is 12.5. The minimum Gasteiger partial charge on any atom is -0.469 e. The number of ether oxygens (including phenoxy) is 2. The molecule has 1 aliphatic rings. The fourth-order valence-electron chi connectivity index (χ4n) is 3.39. The van der Waals surface area contributed by atoms with Gasteiger partial charge in [0, 0.05) is 12.3 Å². The highest BCUT2D eigenvalue weighted by Gasteiger charge is 2.56. The molecule has 0 unspecified atom stereocenters. The van der Waals surface area contributed by atoms with Gasteiger partial charge in [0.15, 0.2) is 5.78 Å². The average Bonchev–Trinajstić information content (AvgIpc) is 2.54. The summed E-state index contributed by atoms with van der Waals surface area (Å²) in [4.78, 5) is 37.2. The van der Waals surface area contributed by atoms with E-state index in [4.69, 9.17) is 32.7 Å². The number of hydrogen-bond donors (Lipinski definition) is 1. The van der Waals surface area contributed by atoms with Crippen molar-refractivity contribution in [1.29, 1.82) is 0 Å². The second kappa shape index (κ2) is 7.32. The third-order valence-electron chi connectivity index (χ3n) is 4.51. The number of carbonyl (C=O) groups excluding carboxylic acids is 3. The zero-order chi connectivity index (χ0) is 18.9. The topological polar surface area (TPSA) is 89.9 Å². The van der Waals surface area contributed by atoms with Crippen molar-refractivity contribution in [3.8, 4) is 0 Å². The molecule has 6 nitrogen and oxygen atoms in total. The molecule has 0 amide bonds. The first kappa shape index (κ1) is 19.7. The molecule has 4 atom stereocenters. The van der Waals surface area contributed by atoms with Crippen molar-refractivity contribution >= 4 is 40.9 Å². The van der Waals surface area contributed by atoms with E-state index in [1.807, 2.05) is 0 Å². The van der Waals surface area contributed by atoms with Crippen molar-refractivity contribution < 1.29 is 29.0 Å². The van der Waals surface area contributed by atoms with E-state index in [0.717, 1.165) is 7.11 Å². The Morgan fingerprint density at radius 2 is 1.76 bits per heavy atom. The molecule has 2 rings (SSSR count). The van der Waals surface area contributed by atoms with Crippen LogP contribution in [-0.2, 0) is 23.9 Å². The van der Waals surface area contributed by atoms with Gasteiger partial charge in [-0.3, -0.25) is 14.4 Å². The fourth-order valence-corrected chi connectivity index (χ4v) is 3.70. The van der Waals surface area contributed by atoms with Crippen LogP contribution in [0.3, 0.4) is 0 Å². The van der Waals surface area contributed by atoms with Gasteiger partial charge in [-0.1, -0.05) is 29.3 Å². The Morgan fingerprint density at radius 3 is 2.28 bits per heavy atom. The summed E-state index contributed by atoms with van der Waals surface area (Å²) in [6, 6.07) is 4.52. The quantitative estimate of drug-likeness (QED) is 0.631. The molecule has 0 aliphatic heterocycles. The predicted molar refractivity (Wildman–Crippen MR) is 90.5 cm³/mol. The van der Waals surface area contributed by atoms with Crippen LogP contribution in [0.15, 0.2) is 18.2 Å². The van der Waals surface area contributed by atoms with Crippen LogP contribution in [0.4, 0.5) is 0 Å². The third-order valence-corrected chi connectivity index (χ3v) is 5.25. The molecule has 25 heavy (non-hydrogen) atoms. The Bertz CT molecular complexity index is 715.